The van der Waals surface area contributed by atoms with Gasteiger partial charge in [0.1, 0.15) is 0 Å². The number of hydrogen-bond acceptors (Lipinski definition) is 2. The minimum atomic E-state index is 0.596. The lowest BCUT2D eigenvalue weighted by atomic mass is 10.2. The van der Waals surface area contributed by atoms with Gasteiger partial charge in [0.25, 0.3) is 0 Å². The predicted molar refractivity (Wildman–Crippen MR) is 67.6 cm³/mol. The van der Waals surface area contributed by atoms with Crippen molar-refractivity contribution in [3.05, 3.63) is 33.8 Å². The highest BCUT2D eigenvalue weighted by atomic mass is 35.5. The summed E-state index contributed by atoms with van der Waals surface area (Å²) in [6.45, 7) is 1.67. The molecule has 0 heterocycles. The quantitative estimate of drug-likeness (QED) is 0.751. The van der Waals surface area contributed by atoms with E-state index in [-0.39, 0.29) is 0 Å². The molecule has 0 saturated carbocycles. The Bertz CT molecular complexity index is 385. The molecular weight excluding hydrogens is 243 g/mol. The fraction of sp³-hybridized carbons (Fsp3) is 0.417. The first-order chi connectivity index (χ1) is 7.63. The second-order valence-corrected chi connectivity index (χ2v) is 4.58. The molecule has 0 amide bonds. The summed E-state index contributed by atoms with van der Waals surface area (Å²) in [6.07, 6.45) is 1.48. The van der Waals surface area contributed by atoms with E-state index in [1.807, 2.05) is 19.2 Å². The Kier molecular flexibility index (Phi) is 5.62. The molecule has 1 rings (SSSR count). The molecule has 0 saturated heterocycles. The van der Waals surface area contributed by atoms with Gasteiger partial charge in [-0.15, -0.1) is 0 Å². The van der Waals surface area contributed by atoms with Gasteiger partial charge in [-0.1, -0.05) is 29.3 Å². The third kappa shape index (κ3) is 4.40. The van der Waals surface area contributed by atoms with Crippen molar-refractivity contribution in [2.45, 2.75) is 19.4 Å². The van der Waals surface area contributed by atoms with E-state index < -0.39 is 0 Å². The molecular formula is C12H14Cl2N2. The van der Waals surface area contributed by atoms with Gasteiger partial charge in [0.2, 0.25) is 0 Å². The van der Waals surface area contributed by atoms with Crippen molar-refractivity contribution in [1.29, 1.82) is 5.26 Å². The average Bonchev–Trinajstić information content (AvgIpc) is 2.23. The Morgan fingerprint density at radius 3 is 2.75 bits per heavy atom. The number of nitrogens with zero attached hydrogens (tertiary/aromatic N) is 2. The van der Waals surface area contributed by atoms with E-state index in [1.54, 1.807) is 6.07 Å². The maximum absolute atomic E-state index is 8.44. The van der Waals surface area contributed by atoms with Crippen LogP contribution in [0, 0.1) is 11.3 Å². The van der Waals surface area contributed by atoms with Crippen LogP contribution in [-0.4, -0.2) is 18.5 Å². The number of benzene rings is 1. The number of unbranched alkanes of at least 4 members (excludes halogenated alkanes) is 1. The zero-order chi connectivity index (χ0) is 12.0. The van der Waals surface area contributed by atoms with Crippen molar-refractivity contribution < 1.29 is 0 Å². The van der Waals surface area contributed by atoms with Crippen LogP contribution in [0.4, 0.5) is 0 Å². The third-order valence-corrected chi connectivity index (χ3v) is 2.87. The molecule has 86 valence electrons. The normalized spacial score (nSPS) is 10.4. The van der Waals surface area contributed by atoms with E-state index in [9.17, 15) is 0 Å². The topological polar surface area (TPSA) is 27.0 Å². The van der Waals surface area contributed by atoms with Gasteiger partial charge in [0, 0.05) is 23.0 Å². The number of hydrogen-bond donors (Lipinski definition) is 0. The monoisotopic (exact) mass is 256 g/mol. The Morgan fingerprint density at radius 2 is 2.12 bits per heavy atom. The summed E-state index contributed by atoms with van der Waals surface area (Å²) in [5, 5.41) is 9.79. The summed E-state index contributed by atoms with van der Waals surface area (Å²) >= 11 is 11.9. The highest BCUT2D eigenvalue weighted by molar-refractivity contribution is 6.35. The highest BCUT2D eigenvalue weighted by Gasteiger charge is 2.04. The molecule has 0 fully saturated rings. The molecule has 0 N–H and O–H groups in total. The highest BCUT2D eigenvalue weighted by Crippen LogP contribution is 2.21. The molecule has 0 spiro atoms. The summed E-state index contributed by atoms with van der Waals surface area (Å²) in [7, 11) is 2.02. The summed E-state index contributed by atoms with van der Waals surface area (Å²) in [5.41, 5.74) is 1.06. The average molecular weight is 257 g/mol. The first kappa shape index (κ1) is 13.3. The maximum Gasteiger partial charge on any atom is 0.0622 e. The van der Waals surface area contributed by atoms with Crippen LogP contribution in [0.2, 0.25) is 10.0 Å². The smallest absolute Gasteiger partial charge is 0.0622 e. The summed E-state index contributed by atoms with van der Waals surface area (Å²) in [6, 6.07) is 7.66. The molecule has 0 aliphatic rings. The number of halogens is 2. The first-order valence-corrected chi connectivity index (χ1v) is 5.88. The van der Waals surface area contributed by atoms with Crippen LogP contribution in [0.5, 0.6) is 0 Å². The molecule has 0 aliphatic heterocycles. The van der Waals surface area contributed by atoms with E-state index >= 15 is 0 Å². The lowest BCUT2D eigenvalue weighted by molar-refractivity contribution is 0.323. The molecule has 0 unspecified atom stereocenters. The van der Waals surface area contributed by atoms with Crippen LogP contribution < -0.4 is 0 Å². The summed E-state index contributed by atoms with van der Waals surface area (Å²) in [5.74, 6) is 0. The fourth-order valence-corrected chi connectivity index (χ4v) is 1.92. The molecule has 2 nitrogen and oxygen atoms in total. The zero-order valence-corrected chi connectivity index (χ0v) is 10.7. The molecule has 0 bridgehead atoms. The molecule has 0 aliphatic carbocycles. The van der Waals surface area contributed by atoms with Crippen LogP contribution >= 0.6 is 23.2 Å². The van der Waals surface area contributed by atoms with Crippen molar-refractivity contribution in [1.82, 2.24) is 4.90 Å². The van der Waals surface area contributed by atoms with Gasteiger partial charge in [0.15, 0.2) is 0 Å². The summed E-state index contributed by atoms with van der Waals surface area (Å²) < 4.78 is 0. The summed E-state index contributed by atoms with van der Waals surface area (Å²) in [4.78, 5) is 2.15. The minimum absolute atomic E-state index is 0.596. The fourth-order valence-electron chi connectivity index (χ4n) is 1.45. The molecule has 0 aromatic heterocycles. The van der Waals surface area contributed by atoms with Gasteiger partial charge in [-0.25, -0.2) is 0 Å². The molecule has 1 aromatic carbocycles. The van der Waals surface area contributed by atoms with Gasteiger partial charge < -0.3 is 4.90 Å². The van der Waals surface area contributed by atoms with E-state index in [2.05, 4.69) is 11.0 Å². The Balaban J connectivity index is 2.50. The van der Waals surface area contributed by atoms with Gasteiger partial charge >= 0.3 is 0 Å². The van der Waals surface area contributed by atoms with E-state index in [0.29, 0.717) is 16.5 Å². The standard InChI is InChI=1S/C12H14Cl2N2/c1-16(7-3-2-6-15)9-10-4-5-11(13)8-12(10)14/h4-5,8H,2-3,7,9H2,1H3. The molecule has 0 atom stereocenters. The first-order valence-electron chi connectivity index (χ1n) is 5.13. The third-order valence-electron chi connectivity index (χ3n) is 2.28. The van der Waals surface area contributed by atoms with Crippen LogP contribution in [-0.2, 0) is 6.54 Å². The molecule has 16 heavy (non-hydrogen) atoms. The van der Waals surface area contributed by atoms with Crippen LogP contribution in [0.3, 0.4) is 0 Å². The van der Waals surface area contributed by atoms with Crippen LogP contribution in [0.1, 0.15) is 18.4 Å². The second kappa shape index (κ2) is 6.75. The van der Waals surface area contributed by atoms with E-state index in [4.69, 9.17) is 28.5 Å². The van der Waals surface area contributed by atoms with Crippen molar-refractivity contribution >= 4 is 23.2 Å². The van der Waals surface area contributed by atoms with Gasteiger partial charge in [0.05, 0.1) is 6.07 Å². The number of rotatable bonds is 5. The maximum atomic E-state index is 8.44. The van der Waals surface area contributed by atoms with Crippen LogP contribution in [0.15, 0.2) is 18.2 Å². The minimum Gasteiger partial charge on any atom is -0.302 e. The molecule has 1 aromatic rings. The Morgan fingerprint density at radius 1 is 1.38 bits per heavy atom. The Labute approximate surface area is 106 Å². The molecule has 4 heteroatoms. The molecule has 0 radical (unpaired) electrons. The number of nitriles is 1. The van der Waals surface area contributed by atoms with Crippen molar-refractivity contribution in [2.24, 2.45) is 0 Å². The zero-order valence-electron chi connectivity index (χ0n) is 9.21. The SMILES string of the molecule is CN(CCCC#N)Cc1ccc(Cl)cc1Cl. The van der Waals surface area contributed by atoms with E-state index in [1.165, 1.54) is 0 Å². The van der Waals surface area contributed by atoms with Gasteiger partial charge in [-0.05, 0) is 37.7 Å². The van der Waals surface area contributed by atoms with Crippen molar-refractivity contribution in [2.75, 3.05) is 13.6 Å². The largest absolute Gasteiger partial charge is 0.302 e. The lowest BCUT2D eigenvalue weighted by Crippen LogP contribution is -2.19. The predicted octanol–water partition coefficient (Wildman–Crippen LogP) is 3.73. The van der Waals surface area contributed by atoms with Crippen molar-refractivity contribution in [3.63, 3.8) is 0 Å². The Hall–Kier alpha value is -0.750. The van der Waals surface area contributed by atoms with Gasteiger partial charge in [-0.2, -0.15) is 5.26 Å². The second-order valence-electron chi connectivity index (χ2n) is 3.74. The van der Waals surface area contributed by atoms with Gasteiger partial charge in [-0.3, -0.25) is 0 Å². The lowest BCUT2D eigenvalue weighted by Gasteiger charge is -2.16. The van der Waals surface area contributed by atoms with Crippen molar-refractivity contribution in [3.8, 4) is 6.07 Å². The van der Waals surface area contributed by atoms with Crippen LogP contribution in [0.25, 0.3) is 0 Å². The van der Waals surface area contributed by atoms with E-state index in [0.717, 1.165) is 25.1 Å².